The van der Waals surface area contributed by atoms with Crippen LogP contribution < -0.4 is 10.9 Å². The van der Waals surface area contributed by atoms with Crippen molar-refractivity contribution in [1.29, 1.82) is 0 Å². The van der Waals surface area contributed by atoms with Gasteiger partial charge in [0.05, 0.1) is 4.90 Å². The van der Waals surface area contributed by atoms with E-state index < -0.39 is 21.7 Å². The lowest BCUT2D eigenvalue weighted by Crippen LogP contribution is -2.47. The number of aryl methyl sites for hydroxylation is 1. The first-order chi connectivity index (χ1) is 13.5. The molecule has 1 aliphatic rings. The Balaban J connectivity index is 1.78. The van der Waals surface area contributed by atoms with Gasteiger partial charge in [0.2, 0.25) is 10.0 Å². The smallest absolute Gasteiger partial charge is 0.407 e. The summed E-state index contributed by atoms with van der Waals surface area (Å²) in [6.07, 6.45) is 2.01. The predicted octanol–water partition coefficient (Wildman–Crippen LogP) is 2.51. The number of aromatic amines is 1. The van der Waals surface area contributed by atoms with Gasteiger partial charge in [0, 0.05) is 36.1 Å². The van der Waals surface area contributed by atoms with Crippen LogP contribution in [0.5, 0.6) is 0 Å². The van der Waals surface area contributed by atoms with Gasteiger partial charge in [-0.2, -0.15) is 4.31 Å². The molecule has 0 atom stereocenters. The Labute approximate surface area is 170 Å². The number of sulfonamides is 1. The van der Waals surface area contributed by atoms with Crippen molar-refractivity contribution in [2.24, 2.45) is 0 Å². The zero-order chi connectivity index (χ0) is 21.4. The van der Waals surface area contributed by atoms with Gasteiger partial charge in [-0.3, -0.25) is 4.79 Å². The van der Waals surface area contributed by atoms with Gasteiger partial charge in [-0.15, -0.1) is 0 Å². The fourth-order valence-electron chi connectivity index (χ4n) is 3.52. The average Bonchev–Trinajstić information content (AvgIpc) is 2.63. The molecule has 0 bridgehead atoms. The molecule has 1 saturated heterocycles. The molecule has 8 nitrogen and oxygen atoms in total. The molecule has 0 spiro atoms. The van der Waals surface area contributed by atoms with Gasteiger partial charge in [-0.05, 0) is 58.2 Å². The maximum atomic E-state index is 13.3. The third-order valence-electron chi connectivity index (χ3n) is 4.88. The highest BCUT2D eigenvalue weighted by atomic mass is 32.2. The van der Waals surface area contributed by atoms with Crippen LogP contribution in [0.2, 0.25) is 0 Å². The summed E-state index contributed by atoms with van der Waals surface area (Å²) < 4.78 is 33.2. The van der Waals surface area contributed by atoms with E-state index in [2.05, 4.69) is 10.3 Å². The summed E-state index contributed by atoms with van der Waals surface area (Å²) >= 11 is 0. The molecule has 0 radical (unpaired) electrons. The number of amides is 1. The van der Waals surface area contributed by atoms with E-state index in [1.54, 1.807) is 39.8 Å². The Kier molecular flexibility index (Phi) is 5.73. The molecule has 2 N–H and O–H groups in total. The van der Waals surface area contributed by atoms with E-state index in [9.17, 15) is 18.0 Å². The number of nitrogens with zero attached hydrogens (tertiary/aromatic N) is 1. The van der Waals surface area contributed by atoms with Crippen molar-refractivity contribution in [2.75, 3.05) is 13.1 Å². The normalized spacial score (nSPS) is 16.7. The molecule has 2 aromatic rings. The van der Waals surface area contributed by atoms with Crippen LogP contribution in [0.3, 0.4) is 0 Å². The van der Waals surface area contributed by atoms with Gasteiger partial charge in [-0.25, -0.2) is 13.2 Å². The number of fused-ring (bicyclic) bond motifs is 1. The number of hydrogen-bond donors (Lipinski definition) is 2. The van der Waals surface area contributed by atoms with Crippen molar-refractivity contribution in [3.63, 3.8) is 0 Å². The van der Waals surface area contributed by atoms with E-state index in [1.165, 1.54) is 16.6 Å². The Morgan fingerprint density at radius 1 is 1.24 bits per heavy atom. The first-order valence-corrected chi connectivity index (χ1v) is 11.0. The molecule has 1 aromatic carbocycles. The first kappa shape index (κ1) is 21.3. The maximum Gasteiger partial charge on any atom is 0.407 e. The van der Waals surface area contributed by atoms with Gasteiger partial charge in [0.1, 0.15) is 5.60 Å². The second-order valence-corrected chi connectivity index (χ2v) is 10.2. The molecule has 0 unspecified atom stereocenters. The van der Waals surface area contributed by atoms with Crippen LogP contribution in [0.1, 0.15) is 39.2 Å². The zero-order valence-electron chi connectivity index (χ0n) is 17.1. The number of nitrogens with one attached hydrogen (secondary N) is 2. The van der Waals surface area contributed by atoms with E-state index in [0.717, 1.165) is 0 Å². The van der Waals surface area contributed by atoms with Crippen molar-refractivity contribution in [3.05, 3.63) is 40.3 Å². The minimum atomic E-state index is -3.77. The molecule has 1 fully saturated rings. The van der Waals surface area contributed by atoms with Gasteiger partial charge >= 0.3 is 6.09 Å². The number of pyridine rings is 1. The average molecular weight is 422 g/mol. The van der Waals surface area contributed by atoms with Crippen molar-refractivity contribution in [2.45, 2.75) is 57.1 Å². The van der Waals surface area contributed by atoms with E-state index in [1.807, 2.05) is 0 Å². The summed E-state index contributed by atoms with van der Waals surface area (Å²) in [6.45, 7) is 7.70. The summed E-state index contributed by atoms with van der Waals surface area (Å²) in [5.41, 5.74) is -0.207. The minimum absolute atomic E-state index is 0.136. The number of benzene rings is 1. The Morgan fingerprint density at radius 3 is 2.52 bits per heavy atom. The third-order valence-corrected chi connectivity index (χ3v) is 6.82. The Hall–Kier alpha value is -2.39. The highest BCUT2D eigenvalue weighted by molar-refractivity contribution is 7.89. The van der Waals surface area contributed by atoms with Crippen LogP contribution in [0.25, 0.3) is 10.8 Å². The van der Waals surface area contributed by atoms with Crippen LogP contribution in [0.4, 0.5) is 4.79 Å². The highest BCUT2D eigenvalue weighted by Gasteiger charge is 2.32. The predicted molar refractivity (Wildman–Crippen MR) is 110 cm³/mol. The van der Waals surface area contributed by atoms with Crippen molar-refractivity contribution >= 4 is 26.9 Å². The number of carbonyl (C=O) groups is 1. The van der Waals surface area contributed by atoms with E-state index in [-0.39, 0.29) is 29.6 Å². The zero-order valence-corrected chi connectivity index (χ0v) is 17.9. The Morgan fingerprint density at radius 2 is 1.90 bits per heavy atom. The third kappa shape index (κ3) is 4.62. The summed E-state index contributed by atoms with van der Waals surface area (Å²) in [5, 5.41) is 3.61. The molecule has 0 saturated carbocycles. The van der Waals surface area contributed by atoms with Crippen LogP contribution in [-0.2, 0) is 14.8 Å². The number of piperidine rings is 1. The van der Waals surface area contributed by atoms with E-state index >= 15 is 0 Å². The number of alkyl carbamates (subject to hydrolysis) is 1. The monoisotopic (exact) mass is 421 g/mol. The molecule has 1 amide bonds. The highest BCUT2D eigenvalue weighted by Crippen LogP contribution is 2.28. The van der Waals surface area contributed by atoms with Crippen molar-refractivity contribution in [3.8, 4) is 0 Å². The van der Waals surface area contributed by atoms with Crippen LogP contribution in [-0.4, -0.2) is 48.5 Å². The lowest BCUT2D eigenvalue weighted by Gasteiger charge is -2.32. The molecule has 3 rings (SSSR count). The fourth-order valence-corrected chi connectivity index (χ4v) is 5.27. The molecule has 0 aliphatic carbocycles. The molecule has 9 heteroatoms. The summed E-state index contributed by atoms with van der Waals surface area (Å²) in [4.78, 5) is 26.8. The van der Waals surface area contributed by atoms with Gasteiger partial charge < -0.3 is 15.0 Å². The summed E-state index contributed by atoms with van der Waals surface area (Å²) in [6, 6.07) is 4.60. The second-order valence-electron chi connectivity index (χ2n) is 8.30. The molecule has 1 aromatic heterocycles. The molecule has 158 valence electrons. The van der Waals surface area contributed by atoms with Crippen LogP contribution in [0.15, 0.2) is 34.1 Å². The van der Waals surface area contributed by atoms with Gasteiger partial charge in [0.25, 0.3) is 5.56 Å². The largest absolute Gasteiger partial charge is 0.444 e. The molecular formula is C20H27N3O5S. The standard InChI is InChI=1S/C20H27N3O5S/c1-13-12-21-18(24)15-6-5-7-16(17(13)15)29(26,27)23-10-8-14(9-11-23)22-19(25)28-20(2,3)4/h5-7,12,14H,8-11H2,1-4H3,(H,21,24)(H,22,25). The number of aromatic nitrogens is 1. The Bertz CT molecular complexity index is 1080. The van der Waals surface area contributed by atoms with E-state index in [4.69, 9.17) is 4.74 Å². The number of ether oxygens (including phenoxy) is 1. The van der Waals surface area contributed by atoms with Crippen molar-refractivity contribution in [1.82, 2.24) is 14.6 Å². The number of rotatable bonds is 3. The maximum absolute atomic E-state index is 13.3. The van der Waals surface area contributed by atoms with Crippen LogP contribution in [0, 0.1) is 6.92 Å². The molecule has 1 aliphatic heterocycles. The number of H-pyrrole nitrogens is 1. The number of hydrogen-bond acceptors (Lipinski definition) is 5. The quantitative estimate of drug-likeness (QED) is 0.792. The molecule has 29 heavy (non-hydrogen) atoms. The van der Waals surface area contributed by atoms with Crippen LogP contribution >= 0.6 is 0 Å². The van der Waals surface area contributed by atoms with Gasteiger partial charge in [-0.1, -0.05) is 6.07 Å². The topological polar surface area (TPSA) is 109 Å². The summed E-state index contributed by atoms with van der Waals surface area (Å²) in [7, 11) is -3.77. The number of carbonyl (C=O) groups excluding carboxylic acids is 1. The lowest BCUT2D eigenvalue weighted by molar-refractivity contribution is 0.0489. The molecular weight excluding hydrogens is 394 g/mol. The minimum Gasteiger partial charge on any atom is -0.444 e. The second kappa shape index (κ2) is 7.79. The summed E-state index contributed by atoms with van der Waals surface area (Å²) in [5.74, 6) is 0. The SMILES string of the molecule is Cc1c[nH]c(=O)c2cccc(S(=O)(=O)N3CCC(NC(=O)OC(C)(C)C)CC3)c12. The van der Waals surface area contributed by atoms with Crippen molar-refractivity contribution < 1.29 is 17.9 Å². The first-order valence-electron chi connectivity index (χ1n) is 9.60. The van der Waals surface area contributed by atoms with Gasteiger partial charge in [0.15, 0.2) is 0 Å². The fraction of sp³-hybridized carbons (Fsp3) is 0.500. The van der Waals surface area contributed by atoms with E-state index in [0.29, 0.717) is 29.2 Å². The lowest BCUT2D eigenvalue weighted by atomic mass is 10.1. The molecule has 2 heterocycles.